The normalized spacial score (nSPS) is 8.11. The number of carbonyl (C=O) groups excluding carboxylic acids is 1. The first-order chi connectivity index (χ1) is 8.00. The largest absolute Gasteiger partial charge is 0.468 e. The predicted octanol–water partition coefficient (Wildman–Crippen LogP) is 1.71. The van der Waals surface area contributed by atoms with Gasteiger partial charge in [-0.3, -0.25) is 4.79 Å². The number of ether oxygens (including phenoxy) is 1. The van der Waals surface area contributed by atoms with Crippen LogP contribution in [0.1, 0.15) is 41.5 Å². The standard InChI is InChI=1S/C3H5BrO2.3C3H8O.Ti/c1-6-3(5)2-4;3*1-3(2)4;/h2H2,1H3;3*3-4H,1-2H3;. The van der Waals surface area contributed by atoms with Crippen molar-refractivity contribution < 1.29 is 46.6 Å². The van der Waals surface area contributed by atoms with Gasteiger partial charge in [0.25, 0.3) is 0 Å². The van der Waals surface area contributed by atoms with Crippen molar-refractivity contribution in [1.82, 2.24) is 0 Å². The molecule has 0 bridgehead atoms. The number of aliphatic hydroxyl groups excluding tert-OH is 3. The SMILES string of the molecule is CC(C)O.CC(C)O.CC(C)O.COC(=O)CBr.[Ti]. The maximum atomic E-state index is 9.91. The van der Waals surface area contributed by atoms with Crippen molar-refractivity contribution in [2.75, 3.05) is 12.4 Å². The Labute approximate surface area is 140 Å². The second kappa shape index (κ2) is 27.0. The van der Waals surface area contributed by atoms with E-state index in [9.17, 15) is 4.79 Å². The van der Waals surface area contributed by atoms with Gasteiger partial charge >= 0.3 is 5.97 Å². The van der Waals surface area contributed by atoms with Crippen LogP contribution in [0.3, 0.4) is 0 Å². The van der Waals surface area contributed by atoms with Crippen molar-refractivity contribution >= 4 is 21.9 Å². The van der Waals surface area contributed by atoms with E-state index in [2.05, 4.69) is 20.7 Å². The van der Waals surface area contributed by atoms with Crippen LogP contribution in [0.15, 0.2) is 0 Å². The zero-order valence-corrected chi connectivity index (χ0v) is 16.1. The molecule has 0 aromatic carbocycles. The van der Waals surface area contributed by atoms with Crippen molar-refractivity contribution in [2.45, 2.75) is 59.9 Å². The number of aliphatic hydroxyl groups is 3. The average molecular weight is 381 g/mol. The van der Waals surface area contributed by atoms with E-state index in [4.69, 9.17) is 15.3 Å². The van der Waals surface area contributed by atoms with E-state index in [1.165, 1.54) is 7.11 Å². The van der Waals surface area contributed by atoms with Gasteiger partial charge in [-0.15, -0.1) is 0 Å². The van der Waals surface area contributed by atoms with Gasteiger partial charge in [0.05, 0.1) is 7.11 Å². The van der Waals surface area contributed by atoms with Crippen LogP contribution in [0.2, 0.25) is 0 Å². The predicted molar refractivity (Wildman–Crippen MR) is 77.9 cm³/mol. The Morgan fingerprint density at radius 1 is 0.947 bits per heavy atom. The fraction of sp³-hybridized carbons (Fsp3) is 0.917. The summed E-state index contributed by atoms with van der Waals surface area (Å²) in [6.45, 7) is 10.3. The fourth-order valence-corrected chi connectivity index (χ4v) is 0.283. The number of rotatable bonds is 1. The molecule has 0 aliphatic rings. The number of esters is 1. The molecule has 118 valence electrons. The first-order valence-electron chi connectivity index (χ1n) is 5.68. The third kappa shape index (κ3) is 246. The van der Waals surface area contributed by atoms with Gasteiger partial charge in [0.1, 0.15) is 5.33 Å². The van der Waals surface area contributed by atoms with E-state index in [0.29, 0.717) is 0 Å². The molecule has 0 aromatic rings. The van der Waals surface area contributed by atoms with Crippen molar-refractivity contribution in [2.24, 2.45) is 0 Å². The number of hydrogen-bond acceptors (Lipinski definition) is 5. The summed E-state index contributed by atoms with van der Waals surface area (Å²) in [5.41, 5.74) is 0. The van der Waals surface area contributed by atoms with Crippen molar-refractivity contribution in [3.05, 3.63) is 0 Å². The molecule has 19 heavy (non-hydrogen) atoms. The van der Waals surface area contributed by atoms with Crippen molar-refractivity contribution in [3.8, 4) is 0 Å². The molecule has 0 fully saturated rings. The van der Waals surface area contributed by atoms with E-state index in [0.717, 1.165) is 0 Å². The number of methoxy groups -OCH3 is 1. The van der Waals surface area contributed by atoms with Gasteiger partial charge in [0, 0.05) is 40.0 Å². The average Bonchev–Trinajstić information content (AvgIpc) is 2.13. The van der Waals surface area contributed by atoms with E-state index >= 15 is 0 Å². The minimum Gasteiger partial charge on any atom is -0.468 e. The molecule has 5 nitrogen and oxygen atoms in total. The third-order valence-electron chi connectivity index (χ3n) is 0.337. The summed E-state index contributed by atoms with van der Waals surface area (Å²) in [6.07, 6.45) is -0.500. The van der Waals surface area contributed by atoms with Crippen LogP contribution >= 0.6 is 15.9 Å². The molecule has 0 heterocycles. The molecule has 0 rings (SSSR count). The zero-order valence-electron chi connectivity index (χ0n) is 13.0. The van der Waals surface area contributed by atoms with Crippen LogP contribution in [0, 0.1) is 0 Å². The molecule has 0 aliphatic heterocycles. The second-order valence-electron chi connectivity index (χ2n) is 3.99. The van der Waals surface area contributed by atoms with Gasteiger partial charge in [-0.2, -0.15) is 0 Å². The van der Waals surface area contributed by atoms with Crippen LogP contribution in [-0.4, -0.2) is 52.0 Å². The van der Waals surface area contributed by atoms with Crippen LogP contribution in [-0.2, 0) is 31.2 Å². The monoisotopic (exact) mass is 380 g/mol. The molecule has 0 radical (unpaired) electrons. The summed E-state index contributed by atoms with van der Waals surface area (Å²) in [7, 11) is 1.35. The Morgan fingerprint density at radius 2 is 1.11 bits per heavy atom. The van der Waals surface area contributed by atoms with E-state index in [1.54, 1.807) is 41.5 Å². The zero-order chi connectivity index (χ0) is 15.7. The first kappa shape index (κ1) is 31.8. The molecule has 0 atom stereocenters. The number of carbonyl (C=O) groups is 1. The molecule has 0 saturated carbocycles. The Bertz CT molecular complexity index is 127. The minimum absolute atomic E-state index is 0. The van der Waals surface area contributed by atoms with Gasteiger partial charge in [-0.1, -0.05) is 15.9 Å². The summed E-state index contributed by atoms with van der Waals surface area (Å²) in [6, 6.07) is 0. The molecular weight excluding hydrogens is 352 g/mol. The topological polar surface area (TPSA) is 87.0 Å². The third-order valence-corrected chi connectivity index (χ3v) is 0.795. The van der Waals surface area contributed by atoms with Gasteiger partial charge in [0.15, 0.2) is 0 Å². The number of hydrogen-bond donors (Lipinski definition) is 3. The Hall–Kier alpha value is 0.544. The minimum atomic E-state index is -0.241. The number of alkyl halides is 1. The quantitative estimate of drug-likeness (QED) is 0.366. The van der Waals surface area contributed by atoms with Gasteiger partial charge in [0.2, 0.25) is 0 Å². The molecular formula is C12H29BrO5Ti. The van der Waals surface area contributed by atoms with Gasteiger partial charge in [-0.05, 0) is 41.5 Å². The Balaban J connectivity index is -0.0000000459. The van der Waals surface area contributed by atoms with Crippen molar-refractivity contribution in [1.29, 1.82) is 0 Å². The van der Waals surface area contributed by atoms with Crippen LogP contribution in [0.5, 0.6) is 0 Å². The van der Waals surface area contributed by atoms with E-state index in [-0.39, 0.29) is 51.3 Å². The van der Waals surface area contributed by atoms with Crippen molar-refractivity contribution in [3.63, 3.8) is 0 Å². The number of halogens is 1. The fourth-order valence-electron chi connectivity index (χ4n) is 0.0546. The van der Waals surface area contributed by atoms with E-state index in [1.807, 2.05) is 0 Å². The molecule has 0 amide bonds. The Kier molecular flexibility index (Phi) is 45.1. The van der Waals surface area contributed by atoms with Crippen LogP contribution in [0.4, 0.5) is 0 Å². The molecule has 0 aromatic heterocycles. The molecule has 0 saturated heterocycles. The summed E-state index contributed by atoms with van der Waals surface area (Å²) in [5, 5.41) is 24.4. The molecule has 0 unspecified atom stereocenters. The summed E-state index contributed by atoms with van der Waals surface area (Å²) in [4.78, 5) is 9.91. The summed E-state index contributed by atoms with van der Waals surface area (Å²) < 4.78 is 4.21. The molecule has 7 heteroatoms. The molecule has 3 N–H and O–H groups in total. The van der Waals surface area contributed by atoms with Crippen LogP contribution < -0.4 is 0 Å². The first-order valence-corrected chi connectivity index (χ1v) is 6.80. The smallest absolute Gasteiger partial charge is 0.316 e. The maximum Gasteiger partial charge on any atom is 0.316 e. The summed E-state index contributed by atoms with van der Waals surface area (Å²) >= 11 is 2.90. The Morgan fingerprint density at radius 3 is 1.11 bits per heavy atom. The second-order valence-corrected chi connectivity index (χ2v) is 4.55. The van der Waals surface area contributed by atoms with Gasteiger partial charge < -0.3 is 20.1 Å². The molecule has 0 aliphatic carbocycles. The summed E-state index contributed by atoms with van der Waals surface area (Å²) in [5.74, 6) is -0.241. The molecule has 0 spiro atoms. The van der Waals surface area contributed by atoms with Crippen LogP contribution in [0.25, 0.3) is 0 Å². The van der Waals surface area contributed by atoms with E-state index < -0.39 is 0 Å². The maximum absolute atomic E-state index is 9.91. The van der Waals surface area contributed by atoms with Gasteiger partial charge in [-0.25, -0.2) is 0 Å².